The molecule has 110 valence electrons. The Balaban J connectivity index is 2.27. The van der Waals surface area contributed by atoms with Crippen LogP contribution in [0.15, 0.2) is 6.20 Å². The molecule has 2 heterocycles. The second-order valence-electron chi connectivity index (χ2n) is 4.32. The molecule has 0 aliphatic carbocycles. The van der Waals surface area contributed by atoms with Crippen LogP contribution in [-0.4, -0.2) is 53.5 Å². The van der Waals surface area contributed by atoms with Crippen LogP contribution in [0.4, 0.5) is 10.1 Å². The van der Waals surface area contributed by atoms with E-state index in [-0.39, 0.29) is 21.6 Å². The molecule has 0 saturated carbocycles. The molecule has 11 heteroatoms. The third-order valence-electron chi connectivity index (χ3n) is 2.86. The van der Waals surface area contributed by atoms with E-state index in [1.165, 1.54) is 4.90 Å². The average molecular weight is 321 g/mol. The molecule has 1 fully saturated rings. The Morgan fingerprint density at radius 3 is 2.80 bits per heavy atom. The number of hydrogen-bond donors (Lipinski definition) is 1. The van der Waals surface area contributed by atoms with Gasteiger partial charge in [-0.1, -0.05) is 0 Å². The van der Waals surface area contributed by atoms with Gasteiger partial charge in [-0.3, -0.25) is 14.9 Å². The molecule has 1 N–H and O–H groups in total. The van der Waals surface area contributed by atoms with Crippen LogP contribution in [0.5, 0.6) is 0 Å². The number of nitro groups is 1. The lowest BCUT2D eigenvalue weighted by Crippen LogP contribution is -2.40. The summed E-state index contributed by atoms with van der Waals surface area (Å²) in [6.07, 6.45) is 1.33. The summed E-state index contributed by atoms with van der Waals surface area (Å²) in [7, 11) is -3.19. The SMILES string of the molecule is O=C(O)CN(c1ncc([N+](=O)[O-])s1)C1CCS(=O)(=O)C1. The first-order valence-electron chi connectivity index (χ1n) is 5.57. The second-order valence-corrected chi connectivity index (χ2v) is 7.53. The molecule has 20 heavy (non-hydrogen) atoms. The van der Waals surface area contributed by atoms with Crippen LogP contribution in [0.1, 0.15) is 6.42 Å². The van der Waals surface area contributed by atoms with Crippen molar-refractivity contribution in [3.05, 3.63) is 16.3 Å². The summed E-state index contributed by atoms with van der Waals surface area (Å²) in [5, 5.41) is 19.5. The molecule has 0 radical (unpaired) electrons. The van der Waals surface area contributed by atoms with E-state index in [1.807, 2.05) is 0 Å². The number of rotatable bonds is 5. The number of anilines is 1. The zero-order valence-corrected chi connectivity index (χ0v) is 11.8. The molecular weight excluding hydrogens is 310 g/mol. The molecule has 0 aromatic carbocycles. The Bertz CT molecular complexity index is 640. The van der Waals surface area contributed by atoms with E-state index in [2.05, 4.69) is 4.98 Å². The zero-order valence-electron chi connectivity index (χ0n) is 10.1. The molecule has 1 aliphatic heterocycles. The highest BCUT2D eigenvalue weighted by atomic mass is 32.2. The first-order valence-corrected chi connectivity index (χ1v) is 8.21. The standard InChI is InChI=1S/C9H11N3O6S2/c13-8(14)4-11(6-1-2-20(17,18)5-6)9-10-3-7(19-9)12(15)16/h3,6H,1-2,4-5H2,(H,13,14). The molecule has 0 amide bonds. The lowest BCUT2D eigenvalue weighted by Gasteiger charge is -2.25. The quantitative estimate of drug-likeness (QED) is 0.598. The van der Waals surface area contributed by atoms with Gasteiger partial charge in [0.15, 0.2) is 15.0 Å². The van der Waals surface area contributed by atoms with E-state index in [1.54, 1.807) is 0 Å². The Morgan fingerprint density at radius 2 is 2.35 bits per heavy atom. The highest BCUT2D eigenvalue weighted by Gasteiger charge is 2.35. The molecule has 1 atom stereocenters. The predicted molar refractivity (Wildman–Crippen MR) is 70.8 cm³/mol. The summed E-state index contributed by atoms with van der Waals surface area (Å²) in [5.74, 6) is -1.32. The summed E-state index contributed by atoms with van der Waals surface area (Å²) >= 11 is 0.736. The van der Waals surface area contributed by atoms with Crippen molar-refractivity contribution < 1.29 is 23.2 Å². The third kappa shape index (κ3) is 3.22. The molecule has 1 aromatic heterocycles. The number of aliphatic carboxylic acids is 1. The third-order valence-corrected chi connectivity index (χ3v) is 5.60. The van der Waals surface area contributed by atoms with E-state index in [0.717, 1.165) is 17.5 Å². The van der Waals surface area contributed by atoms with Gasteiger partial charge in [0.2, 0.25) is 0 Å². The minimum atomic E-state index is -3.19. The van der Waals surface area contributed by atoms with Crippen molar-refractivity contribution in [3.63, 3.8) is 0 Å². The van der Waals surface area contributed by atoms with Crippen molar-refractivity contribution in [2.45, 2.75) is 12.5 Å². The van der Waals surface area contributed by atoms with Crippen molar-refractivity contribution in [3.8, 4) is 0 Å². The molecule has 1 aromatic rings. The number of carboxylic acid groups (broad SMARTS) is 1. The van der Waals surface area contributed by atoms with Gasteiger partial charge in [-0.15, -0.1) is 0 Å². The summed E-state index contributed by atoms with van der Waals surface area (Å²) in [5.41, 5.74) is 0. The number of aromatic nitrogens is 1. The summed E-state index contributed by atoms with van der Waals surface area (Å²) in [6, 6.07) is -0.512. The van der Waals surface area contributed by atoms with Crippen molar-refractivity contribution in [1.29, 1.82) is 0 Å². The fraction of sp³-hybridized carbons (Fsp3) is 0.556. The van der Waals surface area contributed by atoms with Gasteiger partial charge >= 0.3 is 11.0 Å². The van der Waals surface area contributed by atoms with E-state index in [0.29, 0.717) is 6.42 Å². The maximum Gasteiger partial charge on any atom is 0.345 e. The smallest absolute Gasteiger partial charge is 0.345 e. The highest BCUT2D eigenvalue weighted by Crippen LogP contribution is 2.31. The predicted octanol–water partition coefficient (Wildman–Crippen LogP) is 0.129. The Morgan fingerprint density at radius 1 is 1.65 bits per heavy atom. The summed E-state index contributed by atoms with van der Waals surface area (Å²) < 4.78 is 23.0. The normalized spacial score (nSPS) is 20.7. The minimum Gasteiger partial charge on any atom is -0.480 e. The summed E-state index contributed by atoms with van der Waals surface area (Å²) in [6.45, 7) is -0.440. The zero-order chi connectivity index (χ0) is 14.9. The molecule has 9 nitrogen and oxygen atoms in total. The Hall–Kier alpha value is -1.75. The van der Waals surface area contributed by atoms with Crippen LogP contribution in [0, 0.1) is 10.1 Å². The average Bonchev–Trinajstić information content (AvgIpc) is 2.92. The van der Waals surface area contributed by atoms with Gasteiger partial charge in [-0.25, -0.2) is 13.4 Å². The van der Waals surface area contributed by atoms with E-state index < -0.39 is 33.3 Å². The first-order chi connectivity index (χ1) is 9.28. The van der Waals surface area contributed by atoms with Gasteiger partial charge in [-0.2, -0.15) is 0 Å². The number of carbonyl (C=O) groups is 1. The molecule has 1 unspecified atom stereocenters. The van der Waals surface area contributed by atoms with E-state index in [9.17, 15) is 23.3 Å². The number of sulfone groups is 1. The highest BCUT2D eigenvalue weighted by molar-refractivity contribution is 7.91. The van der Waals surface area contributed by atoms with E-state index in [4.69, 9.17) is 5.11 Å². The van der Waals surface area contributed by atoms with Gasteiger partial charge in [-0.05, 0) is 17.8 Å². The van der Waals surface area contributed by atoms with Crippen molar-refractivity contribution >= 4 is 37.3 Å². The van der Waals surface area contributed by atoms with Crippen LogP contribution in [0.2, 0.25) is 0 Å². The largest absolute Gasteiger partial charge is 0.480 e. The van der Waals surface area contributed by atoms with Crippen molar-refractivity contribution in [2.24, 2.45) is 0 Å². The van der Waals surface area contributed by atoms with Crippen LogP contribution in [0.3, 0.4) is 0 Å². The van der Waals surface area contributed by atoms with Crippen LogP contribution >= 0.6 is 11.3 Å². The second kappa shape index (κ2) is 5.32. The Kier molecular flexibility index (Phi) is 3.90. The lowest BCUT2D eigenvalue weighted by atomic mass is 10.2. The molecule has 2 rings (SSSR count). The summed E-state index contributed by atoms with van der Waals surface area (Å²) in [4.78, 5) is 26.0. The topological polar surface area (TPSA) is 131 Å². The number of carboxylic acids is 1. The molecule has 1 saturated heterocycles. The fourth-order valence-electron chi connectivity index (χ4n) is 1.99. The minimum absolute atomic E-state index is 0.0126. The van der Waals surface area contributed by atoms with Gasteiger partial charge in [0.05, 0.1) is 16.4 Å². The molecule has 0 spiro atoms. The van der Waals surface area contributed by atoms with Gasteiger partial charge in [0, 0.05) is 6.04 Å². The first kappa shape index (κ1) is 14.7. The molecule has 1 aliphatic rings. The van der Waals surface area contributed by atoms with Crippen LogP contribution in [0.25, 0.3) is 0 Å². The fourth-order valence-corrected chi connectivity index (χ4v) is 4.53. The number of hydrogen-bond acceptors (Lipinski definition) is 8. The van der Waals surface area contributed by atoms with Gasteiger partial charge < -0.3 is 10.0 Å². The van der Waals surface area contributed by atoms with E-state index >= 15 is 0 Å². The maximum atomic E-state index is 11.5. The Labute approximate surface area is 117 Å². The van der Waals surface area contributed by atoms with Crippen LogP contribution < -0.4 is 4.90 Å². The van der Waals surface area contributed by atoms with Crippen LogP contribution in [-0.2, 0) is 14.6 Å². The molecule has 0 bridgehead atoms. The number of nitrogens with zero attached hydrogens (tertiary/aromatic N) is 3. The monoisotopic (exact) mass is 321 g/mol. The van der Waals surface area contributed by atoms with Gasteiger partial charge in [0.1, 0.15) is 12.7 Å². The van der Waals surface area contributed by atoms with Crippen molar-refractivity contribution in [1.82, 2.24) is 4.98 Å². The maximum absolute atomic E-state index is 11.5. The van der Waals surface area contributed by atoms with Crippen molar-refractivity contribution in [2.75, 3.05) is 23.0 Å². The number of thiazole rings is 1. The molecular formula is C9H11N3O6S2. The van der Waals surface area contributed by atoms with Gasteiger partial charge in [0.25, 0.3) is 0 Å². The lowest BCUT2D eigenvalue weighted by molar-refractivity contribution is -0.380.